The summed E-state index contributed by atoms with van der Waals surface area (Å²) in [5, 5.41) is 1.28. The molecule has 0 bridgehead atoms. The van der Waals surface area contributed by atoms with Gasteiger partial charge in [-0.3, -0.25) is 4.79 Å². The van der Waals surface area contributed by atoms with Crippen molar-refractivity contribution in [2.24, 2.45) is 5.92 Å². The molecule has 2 aliphatic rings. The molecule has 1 N–H and O–H groups in total. The van der Waals surface area contributed by atoms with Crippen LogP contribution in [0.15, 0.2) is 48.2 Å². The maximum Gasteiger partial charge on any atom is 0.330 e. The maximum atomic E-state index is 12.2. The summed E-state index contributed by atoms with van der Waals surface area (Å²) < 4.78 is 9.91. The molecular weight excluding hydrogens is 368 g/mol. The lowest BCUT2D eigenvalue weighted by molar-refractivity contribution is -0.144. The average molecular weight is 394 g/mol. The number of esters is 2. The number of hydrogen-bond donors (Lipinski definition) is 1. The molecule has 0 fully saturated rings. The lowest BCUT2D eigenvalue weighted by Gasteiger charge is -2.41. The Morgan fingerprint density at radius 2 is 2.14 bits per heavy atom. The number of hydrogen-bond acceptors (Lipinski definition) is 5. The van der Waals surface area contributed by atoms with Crippen molar-refractivity contribution in [2.75, 3.05) is 20.3 Å². The second kappa shape index (κ2) is 8.15. The zero-order valence-corrected chi connectivity index (χ0v) is 16.8. The second-order valence-electron chi connectivity index (χ2n) is 7.49. The summed E-state index contributed by atoms with van der Waals surface area (Å²) in [6.07, 6.45) is 7.32. The zero-order valence-electron chi connectivity index (χ0n) is 16.8. The highest BCUT2D eigenvalue weighted by Gasteiger charge is 2.36. The first-order valence-corrected chi connectivity index (χ1v) is 10.1. The smallest absolute Gasteiger partial charge is 0.330 e. The van der Waals surface area contributed by atoms with Crippen molar-refractivity contribution >= 4 is 22.8 Å². The number of nitrogens with zero attached hydrogens (tertiary/aromatic N) is 1. The van der Waals surface area contributed by atoms with Crippen LogP contribution in [0.4, 0.5) is 0 Å². The number of nitrogens with one attached hydrogen (secondary N) is 1. The minimum atomic E-state index is -0.403. The molecule has 2 atom stereocenters. The van der Waals surface area contributed by atoms with Gasteiger partial charge in [0.2, 0.25) is 0 Å². The predicted molar refractivity (Wildman–Crippen MR) is 110 cm³/mol. The van der Waals surface area contributed by atoms with Gasteiger partial charge in [0.25, 0.3) is 0 Å². The molecule has 1 aromatic heterocycles. The number of methoxy groups -OCH3 is 1. The second-order valence-corrected chi connectivity index (χ2v) is 7.49. The van der Waals surface area contributed by atoms with Gasteiger partial charge in [-0.25, -0.2) is 4.79 Å². The van der Waals surface area contributed by atoms with Crippen molar-refractivity contribution in [2.45, 2.75) is 32.2 Å². The molecule has 2 aliphatic heterocycles. The Kier molecular flexibility index (Phi) is 5.43. The van der Waals surface area contributed by atoms with Crippen LogP contribution in [-0.2, 0) is 25.5 Å². The van der Waals surface area contributed by atoms with E-state index in [1.54, 1.807) is 6.08 Å². The fraction of sp³-hybridized carbons (Fsp3) is 0.391. The molecule has 0 unspecified atom stereocenters. The Bertz CT molecular complexity index is 988. The van der Waals surface area contributed by atoms with Gasteiger partial charge in [-0.1, -0.05) is 24.3 Å². The maximum absolute atomic E-state index is 12.2. The van der Waals surface area contributed by atoms with Crippen LogP contribution in [0, 0.1) is 5.92 Å². The number of allylic oxidation sites excluding steroid dienone is 2. The number of fused-ring (bicyclic) bond motifs is 5. The van der Waals surface area contributed by atoms with Crippen LogP contribution >= 0.6 is 0 Å². The molecule has 0 spiro atoms. The summed E-state index contributed by atoms with van der Waals surface area (Å²) in [4.78, 5) is 29.7. The van der Waals surface area contributed by atoms with Gasteiger partial charge in [0.1, 0.15) is 0 Å². The molecule has 0 saturated carbocycles. The van der Waals surface area contributed by atoms with E-state index < -0.39 is 5.97 Å². The van der Waals surface area contributed by atoms with E-state index in [1.165, 1.54) is 29.8 Å². The molecule has 0 amide bonds. The van der Waals surface area contributed by atoms with Crippen molar-refractivity contribution in [1.29, 1.82) is 0 Å². The lowest BCUT2D eigenvalue weighted by atomic mass is 9.82. The highest BCUT2D eigenvalue weighted by Crippen LogP contribution is 2.43. The van der Waals surface area contributed by atoms with Crippen molar-refractivity contribution < 1.29 is 19.1 Å². The monoisotopic (exact) mass is 394 g/mol. The zero-order chi connectivity index (χ0) is 20.4. The number of benzene rings is 1. The Balaban J connectivity index is 1.68. The first-order chi connectivity index (χ1) is 14.1. The molecule has 0 aliphatic carbocycles. The quantitative estimate of drug-likeness (QED) is 0.619. The summed E-state index contributed by atoms with van der Waals surface area (Å²) in [6, 6.07) is 8.57. The van der Waals surface area contributed by atoms with Crippen LogP contribution in [-0.4, -0.2) is 42.1 Å². The summed E-state index contributed by atoms with van der Waals surface area (Å²) in [5.41, 5.74) is 4.72. The summed E-state index contributed by atoms with van der Waals surface area (Å²) in [5.74, 6) is -0.635. The van der Waals surface area contributed by atoms with E-state index in [1.807, 2.05) is 13.0 Å². The topological polar surface area (TPSA) is 71.6 Å². The first-order valence-electron chi connectivity index (χ1n) is 10.1. The van der Waals surface area contributed by atoms with E-state index >= 15 is 0 Å². The minimum absolute atomic E-state index is 0.0198. The van der Waals surface area contributed by atoms with Crippen molar-refractivity contribution in [1.82, 2.24) is 9.88 Å². The van der Waals surface area contributed by atoms with E-state index in [0.717, 1.165) is 30.5 Å². The molecule has 6 nitrogen and oxygen atoms in total. The van der Waals surface area contributed by atoms with Crippen LogP contribution in [0.5, 0.6) is 0 Å². The largest absolute Gasteiger partial charge is 0.466 e. The molecular formula is C23H26N2O4. The van der Waals surface area contributed by atoms with Crippen molar-refractivity contribution in [3.63, 3.8) is 0 Å². The number of carbonyl (C=O) groups is 2. The number of ether oxygens (including phenoxy) is 2. The molecule has 3 heterocycles. The Morgan fingerprint density at radius 1 is 1.31 bits per heavy atom. The third-order valence-electron chi connectivity index (χ3n) is 5.83. The number of para-hydroxylation sites is 1. The fourth-order valence-corrected chi connectivity index (χ4v) is 4.48. The number of rotatable bonds is 5. The number of H-pyrrole nitrogens is 1. The van der Waals surface area contributed by atoms with Gasteiger partial charge in [-0.05, 0) is 42.9 Å². The third kappa shape index (κ3) is 3.79. The molecule has 2 aromatic rings. The highest BCUT2D eigenvalue weighted by atomic mass is 16.5. The standard InChI is InChI=1S/C23H26N2O4/c1-3-29-22(27)13-16-12-20-23-18(17-6-4-5-7-19(17)24-23)10-11-25(20)14-15(16)8-9-21(26)28-2/h4-9,14,16,20,24H,3,10-13H2,1-2H3/b9-8+/t16-,20-/m1/s1. The molecule has 152 valence electrons. The summed E-state index contributed by atoms with van der Waals surface area (Å²) >= 11 is 0. The molecule has 0 saturated heterocycles. The Hall–Kier alpha value is -3.02. The van der Waals surface area contributed by atoms with Gasteiger partial charge >= 0.3 is 11.9 Å². The van der Waals surface area contributed by atoms with Gasteiger partial charge in [0.15, 0.2) is 0 Å². The van der Waals surface area contributed by atoms with E-state index in [2.05, 4.69) is 34.3 Å². The normalized spacial score (nSPS) is 20.9. The molecule has 1 aromatic carbocycles. The molecule has 4 rings (SSSR count). The van der Waals surface area contributed by atoms with Gasteiger partial charge < -0.3 is 19.4 Å². The summed E-state index contributed by atoms with van der Waals surface area (Å²) in [6.45, 7) is 3.08. The van der Waals surface area contributed by atoms with E-state index in [-0.39, 0.29) is 17.9 Å². The van der Waals surface area contributed by atoms with Crippen LogP contribution in [0.1, 0.15) is 37.1 Å². The van der Waals surface area contributed by atoms with Gasteiger partial charge in [-0.2, -0.15) is 0 Å². The van der Waals surface area contributed by atoms with Crippen LogP contribution in [0.2, 0.25) is 0 Å². The predicted octanol–water partition coefficient (Wildman–Crippen LogP) is 3.65. The fourth-order valence-electron chi connectivity index (χ4n) is 4.48. The van der Waals surface area contributed by atoms with Crippen LogP contribution < -0.4 is 0 Å². The summed E-state index contributed by atoms with van der Waals surface area (Å²) in [7, 11) is 1.36. The average Bonchev–Trinajstić information content (AvgIpc) is 3.11. The number of aromatic nitrogens is 1. The Labute approximate surface area is 170 Å². The van der Waals surface area contributed by atoms with Crippen molar-refractivity contribution in [3.8, 4) is 0 Å². The molecule has 6 heteroatoms. The Morgan fingerprint density at radius 3 is 2.93 bits per heavy atom. The van der Waals surface area contributed by atoms with Crippen LogP contribution in [0.25, 0.3) is 10.9 Å². The van der Waals surface area contributed by atoms with E-state index in [4.69, 9.17) is 9.47 Å². The highest BCUT2D eigenvalue weighted by molar-refractivity contribution is 5.85. The molecule has 0 radical (unpaired) electrons. The van der Waals surface area contributed by atoms with Gasteiger partial charge in [-0.15, -0.1) is 0 Å². The lowest BCUT2D eigenvalue weighted by Crippen LogP contribution is -2.37. The number of aromatic amines is 1. The van der Waals surface area contributed by atoms with Crippen molar-refractivity contribution in [3.05, 3.63) is 59.4 Å². The molecule has 29 heavy (non-hydrogen) atoms. The van der Waals surface area contributed by atoms with E-state index in [9.17, 15) is 9.59 Å². The first kappa shape index (κ1) is 19.3. The number of carbonyl (C=O) groups excluding carboxylic acids is 2. The van der Waals surface area contributed by atoms with E-state index in [0.29, 0.717) is 13.0 Å². The minimum Gasteiger partial charge on any atom is -0.466 e. The SMILES string of the molecule is CCOC(=O)C[C@H]1C[C@@H]2c3[nH]c4ccccc4c3CCN2C=C1/C=C/C(=O)OC. The van der Waals surface area contributed by atoms with Gasteiger partial charge in [0.05, 0.1) is 26.2 Å². The van der Waals surface area contributed by atoms with Gasteiger partial charge in [0, 0.05) is 35.4 Å². The third-order valence-corrected chi connectivity index (χ3v) is 5.83. The van der Waals surface area contributed by atoms with Crippen LogP contribution in [0.3, 0.4) is 0 Å².